The molecule has 0 unspecified atom stereocenters. The van der Waals surface area contributed by atoms with E-state index in [0.29, 0.717) is 0 Å². The zero-order valence-corrected chi connectivity index (χ0v) is 12.7. The van der Waals surface area contributed by atoms with Crippen LogP contribution < -0.4 is 5.73 Å². The maximum Gasteiger partial charge on any atom is 0.0573 e. The topological polar surface area (TPSA) is 45.4 Å². The number of hydrogen-bond donors (Lipinski definition) is 1. The van der Waals surface area contributed by atoms with E-state index in [-0.39, 0.29) is 0 Å². The lowest BCUT2D eigenvalue weighted by atomic mass is 10.2. The van der Waals surface area contributed by atoms with Crippen molar-refractivity contribution in [3.05, 3.63) is 29.6 Å². The highest BCUT2D eigenvalue weighted by Crippen LogP contribution is 2.10. The molecule has 0 amide bonds. The van der Waals surface area contributed by atoms with Crippen LogP contribution >= 0.6 is 0 Å². The third kappa shape index (κ3) is 4.85. The summed E-state index contributed by atoms with van der Waals surface area (Å²) in [6.45, 7) is 9.90. The Morgan fingerprint density at radius 3 is 2.75 bits per heavy atom. The number of nitrogens with zero attached hydrogens (tertiary/aromatic N) is 3. The van der Waals surface area contributed by atoms with Crippen molar-refractivity contribution in [2.75, 3.05) is 39.3 Å². The Morgan fingerprint density at radius 2 is 1.95 bits per heavy atom. The van der Waals surface area contributed by atoms with Crippen molar-refractivity contribution >= 4 is 0 Å². The summed E-state index contributed by atoms with van der Waals surface area (Å²) in [6, 6.07) is 4.17. The lowest BCUT2D eigenvalue weighted by Crippen LogP contribution is -2.31. The molecule has 112 valence electrons. The SMILES string of the molecule is Cc1cccnc1CN1CCCN(CCCCN)CC1. The molecule has 0 aromatic carbocycles. The van der Waals surface area contributed by atoms with E-state index in [9.17, 15) is 0 Å². The first kappa shape index (κ1) is 15.4. The number of unbranched alkanes of at least 4 members (excludes halogenated alkanes) is 1. The fraction of sp³-hybridized carbons (Fsp3) is 0.688. The van der Waals surface area contributed by atoms with Crippen molar-refractivity contribution in [1.29, 1.82) is 0 Å². The first-order valence-electron chi connectivity index (χ1n) is 7.85. The molecular formula is C16H28N4. The summed E-state index contributed by atoms with van der Waals surface area (Å²) in [5, 5.41) is 0. The summed E-state index contributed by atoms with van der Waals surface area (Å²) in [5.41, 5.74) is 8.09. The first-order chi connectivity index (χ1) is 9.79. The Kier molecular flexibility index (Phi) is 6.43. The van der Waals surface area contributed by atoms with E-state index in [1.165, 1.54) is 50.3 Å². The van der Waals surface area contributed by atoms with E-state index in [1.807, 2.05) is 12.3 Å². The summed E-state index contributed by atoms with van der Waals surface area (Å²) >= 11 is 0. The molecule has 4 nitrogen and oxygen atoms in total. The minimum atomic E-state index is 0.818. The van der Waals surface area contributed by atoms with Gasteiger partial charge in [-0.05, 0) is 64.0 Å². The van der Waals surface area contributed by atoms with Crippen molar-refractivity contribution in [3.8, 4) is 0 Å². The second-order valence-electron chi connectivity index (χ2n) is 5.73. The highest BCUT2D eigenvalue weighted by Gasteiger charge is 2.15. The van der Waals surface area contributed by atoms with Gasteiger partial charge in [-0.2, -0.15) is 0 Å². The fourth-order valence-corrected chi connectivity index (χ4v) is 2.78. The van der Waals surface area contributed by atoms with E-state index >= 15 is 0 Å². The quantitative estimate of drug-likeness (QED) is 0.802. The molecule has 1 aromatic rings. The van der Waals surface area contributed by atoms with E-state index in [2.05, 4.69) is 27.8 Å². The summed E-state index contributed by atoms with van der Waals surface area (Å²) in [4.78, 5) is 9.64. The Morgan fingerprint density at radius 1 is 1.15 bits per heavy atom. The van der Waals surface area contributed by atoms with Gasteiger partial charge in [0.1, 0.15) is 0 Å². The normalized spacial score (nSPS) is 18.1. The molecule has 1 fully saturated rings. The molecular weight excluding hydrogens is 248 g/mol. The molecule has 1 aromatic heterocycles. The van der Waals surface area contributed by atoms with Crippen LogP contribution in [-0.2, 0) is 6.54 Å². The van der Waals surface area contributed by atoms with Gasteiger partial charge in [0, 0.05) is 25.8 Å². The average Bonchev–Trinajstić information content (AvgIpc) is 2.67. The van der Waals surface area contributed by atoms with Gasteiger partial charge in [-0.25, -0.2) is 0 Å². The monoisotopic (exact) mass is 276 g/mol. The van der Waals surface area contributed by atoms with Crippen LogP contribution in [0, 0.1) is 6.92 Å². The molecule has 0 saturated carbocycles. The lowest BCUT2D eigenvalue weighted by molar-refractivity contribution is 0.247. The predicted octanol–water partition coefficient (Wildman–Crippen LogP) is 1.64. The van der Waals surface area contributed by atoms with Gasteiger partial charge in [0.25, 0.3) is 0 Å². The van der Waals surface area contributed by atoms with Crippen molar-refractivity contribution in [1.82, 2.24) is 14.8 Å². The van der Waals surface area contributed by atoms with Gasteiger partial charge in [0.05, 0.1) is 5.69 Å². The Labute approximate surface area is 123 Å². The van der Waals surface area contributed by atoms with Crippen LogP contribution in [0.15, 0.2) is 18.3 Å². The molecule has 0 spiro atoms. The molecule has 0 atom stereocenters. The van der Waals surface area contributed by atoms with E-state index in [4.69, 9.17) is 5.73 Å². The van der Waals surface area contributed by atoms with Crippen LogP contribution in [0.2, 0.25) is 0 Å². The molecule has 2 rings (SSSR count). The van der Waals surface area contributed by atoms with Crippen LogP contribution in [0.5, 0.6) is 0 Å². The van der Waals surface area contributed by atoms with Crippen LogP contribution in [0.4, 0.5) is 0 Å². The second-order valence-corrected chi connectivity index (χ2v) is 5.73. The van der Waals surface area contributed by atoms with E-state index in [0.717, 1.165) is 26.1 Å². The zero-order chi connectivity index (χ0) is 14.2. The van der Waals surface area contributed by atoms with Crippen LogP contribution in [0.1, 0.15) is 30.5 Å². The minimum Gasteiger partial charge on any atom is -0.330 e. The molecule has 0 aliphatic carbocycles. The first-order valence-corrected chi connectivity index (χ1v) is 7.85. The van der Waals surface area contributed by atoms with Crippen molar-refractivity contribution in [3.63, 3.8) is 0 Å². The van der Waals surface area contributed by atoms with Crippen molar-refractivity contribution in [2.45, 2.75) is 32.7 Å². The van der Waals surface area contributed by atoms with Gasteiger partial charge >= 0.3 is 0 Å². The van der Waals surface area contributed by atoms with Gasteiger partial charge in [-0.3, -0.25) is 9.88 Å². The maximum absolute atomic E-state index is 5.56. The smallest absolute Gasteiger partial charge is 0.0573 e. The highest BCUT2D eigenvalue weighted by atomic mass is 15.2. The third-order valence-corrected chi connectivity index (χ3v) is 4.10. The predicted molar refractivity (Wildman–Crippen MR) is 83.6 cm³/mol. The molecule has 2 heterocycles. The zero-order valence-electron chi connectivity index (χ0n) is 12.7. The minimum absolute atomic E-state index is 0.818. The summed E-state index contributed by atoms with van der Waals surface area (Å²) in [5.74, 6) is 0. The molecule has 1 saturated heterocycles. The summed E-state index contributed by atoms with van der Waals surface area (Å²) < 4.78 is 0. The van der Waals surface area contributed by atoms with Crippen LogP contribution in [-0.4, -0.2) is 54.1 Å². The average molecular weight is 276 g/mol. The second kappa shape index (κ2) is 8.35. The van der Waals surface area contributed by atoms with Crippen LogP contribution in [0.3, 0.4) is 0 Å². The number of aromatic nitrogens is 1. The maximum atomic E-state index is 5.56. The van der Waals surface area contributed by atoms with Crippen molar-refractivity contribution < 1.29 is 0 Å². The van der Waals surface area contributed by atoms with Gasteiger partial charge in [-0.15, -0.1) is 0 Å². The molecule has 2 N–H and O–H groups in total. The summed E-state index contributed by atoms with van der Waals surface area (Å²) in [7, 11) is 0. The van der Waals surface area contributed by atoms with Gasteiger partial charge in [0.15, 0.2) is 0 Å². The number of aryl methyl sites for hydroxylation is 1. The Hall–Kier alpha value is -0.970. The number of pyridine rings is 1. The number of nitrogens with two attached hydrogens (primary N) is 1. The molecule has 20 heavy (non-hydrogen) atoms. The fourth-order valence-electron chi connectivity index (χ4n) is 2.78. The summed E-state index contributed by atoms with van der Waals surface area (Å²) in [6.07, 6.45) is 5.54. The number of hydrogen-bond acceptors (Lipinski definition) is 4. The van der Waals surface area contributed by atoms with Gasteiger partial charge in [0.2, 0.25) is 0 Å². The standard InChI is InChI=1S/C16H28N4/c1-15-6-4-8-18-16(15)14-20-11-5-10-19(12-13-20)9-3-2-7-17/h4,6,8H,2-3,5,7,9-14,17H2,1H3. The van der Waals surface area contributed by atoms with E-state index < -0.39 is 0 Å². The Bertz CT molecular complexity index is 394. The largest absolute Gasteiger partial charge is 0.330 e. The number of rotatable bonds is 6. The third-order valence-electron chi connectivity index (χ3n) is 4.10. The molecule has 4 heteroatoms. The van der Waals surface area contributed by atoms with Gasteiger partial charge in [-0.1, -0.05) is 6.07 Å². The lowest BCUT2D eigenvalue weighted by Gasteiger charge is -2.22. The van der Waals surface area contributed by atoms with Gasteiger partial charge < -0.3 is 10.6 Å². The molecule has 0 bridgehead atoms. The molecule has 1 aliphatic rings. The highest BCUT2D eigenvalue weighted by molar-refractivity contribution is 5.17. The molecule has 0 radical (unpaired) electrons. The van der Waals surface area contributed by atoms with Crippen molar-refractivity contribution in [2.24, 2.45) is 5.73 Å². The Balaban J connectivity index is 1.79. The molecule has 1 aliphatic heterocycles. The van der Waals surface area contributed by atoms with E-state index in [1.54, 1.807) is 0 Å². The van der Waals surface area contributed by atoms with Crippen LogP contribution in [0.25, 0.3) is 0 Å².